The summed E-state index contributed by atoms with van der Waals surface area (Å²) >= 11 is 0. The van der Waals surface area contributed by atoms with Crippen molar-refractivity contribution in [2.75, 3.05) is 27.2 Å². The van der Waals surface area contributed by atoms with Crippen molar-refractivity contribution in [3.8, 4) is 0 Å². The Morgan fingerprint density at radius 2 is 1.89 bits per heavy atom. The van der Waals surface area contributed by atoms with E-state index in [0.717, 1.165) is 25.7 Å². The summed E-state index contributed by atoms with van der Waals surface area (Å²) in [5.41, 5.74) is 5.58. The first-order valence-corrected chi connectivity index (χ1v) is 7.19. The van der Waals surface area contributed by atoms with E-state index in [-0.39, 0.29) is 11.8 Å². The Kier molecular flexibility index (Phi) is 10.2. The van der Waals surface area contributed by atoms with Crippen LogP contribution < -0.4 is 11.1 Å². The van der Waals surface area contributed by atoms with Gasteiger partial charge >= 0.3 is 0 Å². The molecule has 0 bridgehead atoms. The van der Waals surface area contributed by atoms with Crippen LogP contribution in [-0.4, -0.2) is 43.9 Å². The molecule has 0 aromatic carbocycles. The van der Waals surface area contributed by atoms with Gasteiger partial charge in [-0.15, -0.1) is 0 Å². The molecule has 5 nitrogen and oxygen atoms in total. The molecule has 0 fully saturated rings. The molecule has 1 unspecified atom stereocenters. The first-order chi connectivity index (χ1) is 9.04. The van der Waals surface area contributed by atoms with Gasteiger partial charge in [-0.2, -0.15) is 0 Å². The maximum absolute atomic E-state index is 11.9. The SMILES string of the molecule is CCCC(CCN)CCC(=O)N(C)CCC(=O)NC. The fourth-order valence-electron chi connectivity index (χ4n) is 2.11. The average Bonchev–Trinajstić information content (AvgIpc) is 2.41. The Morgan fingerprint density at radius 3 is 2.42 bits per heavy atom. The molecule has 0 aliphatic heterocycles. The zero-order valence-electron chi connectivity index (χ0n) is 12.6. The average molecular weight is 271 g/mol. The minimum atomic E-state index is -0.0355. The van der Waals surface area contributed by atoms with Crippen molar-refractivity contribution >= 4 is 11.8 Å². The lowest BCUT2D eigenvalue weighted by Gasteiger charge is -2.19. The lowest BCUT2D eigenvalue weighted by molar-refractivity contribution is -0.130. The van der Waals surface area contributed by atoms with Gasteiger partial charge in [-0.3, -0.25) is 9.59 Å². The summed E-state index contributed by atoms with van der Waals surface area (Å²) in [6.45, 7) is 3.32. The molecule has 0 aliphatic rings. The third kappa shape index (κ3) is 8.59. The van der Waals surface area contributed by atoms with Crippen molar-refractivity contribution in [3.05, 3.63) is 0 Å². The van der Waals surface area contributed by atoms with Crippen molar-refractivity contribution in [1.82, 2.24) is 10.2 Å². The van der Waals surface area contributed by atoms with Crippen LogP contribution in [-0.2, 0) is 9.59 Å². The fraction of sp³-hybridized carbons (Fsp3) is 0.857. The summed E-state index contributed by atoms with van der Waals surface area (Å²) in [6.07, 6.45) is 5.06. The highest BCUT2D eigenvalue weighted by Crippen LogP contribution is 2.17. The maximum atomic E-state index is 11.9. The van der Waals surface area contributed by atoms with Gasteiger partial charge < -0.3 is 16.0 Å². The van der Waals surface area contributed by atoms with Crippen molar-refractivity contribution in [2.24, 2.45) is 11.7 Å². The van der Waals surface area contributed by atoms with E-state index in [4.69, 9.17) is 5.73 Å². The largest absolute Gasteiger partial charge is 0.359 e. The number of nitrogens with zero attached hydrogens (tertiary/aromatic N) is 1. The Morgan fingerprint density at radius 1 is 1.21 bits per heavy atom. The minimum Gasteiger partial charge on any atom is -0.359 e. The number of carbonyl (C=O) groups excluding carboxylic acids is 2. The minimum absolute atomic E-state index is 0.0355. The van der Waals surface area contributed by atoms with Crippen LogP contribution in [0.4, 0.5) is 0 Å². The Bertz CT molecular complexity index is 263. The first kappa shape index (κ1) is 17.9. The smallest absolute Gasteiger partial charge is 0.222 e. The van der Waals surface area contributed by atoms with Gasteiger partial charge in [-0.1, -0.05) is 19.8 Å². The van der Waals surface area contributed by atoms with Gasteiger partial charge in [-0.05, 0) is 25.3 Å². The molecule has 3 N–H and O–H groups in total. The molecule has 112 valence electrons. The van der Waals surface area contributed by atoms with Gasteiger partial charge in [0.2, 0.25) is 11.8 Å². The third-order valence-corrected chi connectivity index (χ3v) is 3.42. The van der Waals surface area contributed by atoms with Crippen LogP contribution in [0.1, 0.15) is 45.4 Å². The summed E-state index contributed by atoms with van der Waals surface area (Å²) in [5, 5.41) is 2.55. The van der Waals surface area contributed by atoms with E-state index in [9.17, 15) is 9.59 Å². The van der Waals surface area contributed by atoms with Crippen LogP contribution in [0.2, 0.25) is 0 Å². The summed E-state index contributed by atoms with van der Waals surface area (Å²) in [5.74, 6) is 0.625. The van der Waals surface area contributed by atoms with Crippen LogP contribution in [0, 0.1) is 5.92 Å². The van der Waals surface area contributed by atoms with Crippen molar-refractivity contribution < 1.29 is 9.59 Å². The van der Waals surface area contributed by atoms with Crippen molar-refractivity contribution in [1.29, 1.82) is 0 Å². The quantitative estimate of drug-likeness (QED) is 0.625. The van der Waals surface area contributed by atoms with Gasteiger partial charge in [0.15, 0.2) is 0 Å². The highest BCUT2D eigenvalue weighted by Gasteiger charge is 2.13. The summed E-state index contributed by atoms with van der Waals surface area (Å²) in [7, 11) is 3.36. The monoisotopic (exact) mass is 271 g/mol. The zero-order chi connectivity index (χ0) is 14.7. The maximum Gasteiger partial charge on any atom is 0.222 e. The third-order valence-electron chi connectivity index (χ3n) is 3.42. The van der Waals surface area contributed by atoms with E-state index in [0.29, 0.717) is 31.8 Å². The van der Waals surface area contributed by atoms with Gasteiger partial charge in [0.1, 0.15) is 0 Å². The summed E-state index contributed by atoms with van der Waals surface area (Å²) in [6, 6.07) is 0. The molecule has 5 heteroatoms. The van der Waals surface area contributed by atoms with Gasteiger partial charge in [0.05, 0.1) is 0 Å². The molecule has 0 spiro atoms. The van der Waals surface area contributed by atoms with Crippen LogP contribution in [0.5, 0.6) is 0 Å². The number of nitrogens with one attached hydrogen (secondary N) is 1. The molecule has 0 aliphatic carbocycles. The molecule has 0 aromatic rings. The van der Waals surface area contributed by atoms with Crippen LogP contribution in [0.15, 0.2) is 0 Å². The van der Waals surface area contributed by atoms with E-state index in [1.165, 1.54) is 0 Å². The number of carbonyl (C=O) groups is 2. The molecule has 0 heterocycles. The molecule has 19 heavy (non-hydrogen) atoms. The van der Waals surface area contributed by atoms with Crippen molar-refractivity contribution in [3.63, 3.8) is 0 Å². The Labute approximate surface area is 116 Å². The molecule has 0 saturated carbocycles. The van der Waals surface area contributed by atoms with Gasteiger partial charge in [0.25, 0.3) is 0 Å². The van der Waals surface area contributed by atoms with Gasteiger partial charge in [0, 0.05) is 33.5 Å². The summed E-state index contributed by atoms with van der Waals surface area (Å²) < 4.78 is 0. The van der Waals surface area contributed by atoms with E-state index < -0.39 is 0 Å². The van der Waals surface area contributed by atoms with E-state index in [2.05, 4.69) is 12.2 Å². The molecule has 0 aromatic heterocycles. The number of amides is 2. The van der Waals surface area contributed by atoms with E-state index in [1.807, 2.05) is 0 Å². The molecule has 0 rings (SSSR count). The number of hydrogen-bond acceptors (Lipinski definition) is 3. The Balaban J connectivity index is 3.96. The van der Waals surface area contributed by atoms with Crippen LogP contribution in [0.25, 0.3) is 0 Å². The predicted octanol–water partition coefficient (Wildman–Crippen LogP) is 1.13. The second-order valence-electron chi connectivity index (χ2n) is 5.01. The molecular weight excluding hydrogens is 242 g/mol. The standard InChI is InChI=1S/C14H29N3O2/c1-4-5-12(8-10-15)6-7-14(19)17(3)11-9-13(18)16-2/h12H,4-11,15H2,1-3H3,(H,16,18). The first-order valence-electron chi connectivity index (χ1n) is 7.19. The molecule has 0 saturated heterocycles. The van der Waals surface area contributed by atoms with E-state index >= 15 is 0 Å². The second kappa shape index (κ2) is 10.8. The molecule has 2 amide bonds. The lowest BCUT2D eigenvalue weighted by Crippen LogP contribution is -2.31. The highest BCUT2D eigenvalue weighted by atomic mass is 16.2. The molecular formula is C14H29N3O2. The second-order valence-corrected chi connectivity index (χ2v) is 5.01. The number of rotatable bonds is 10. The topological polar surface area (TPSA) is 75.4 Å². The van der Waals surface area contributed by atoms with Crippen LogP contribution in [0.3, 0.4) is 0 Å². The van der Waals surface area contributed by atoms with Crippen LogP contribution >= 0.6 is 0 Å². The summed E-state index contributed by atoms with van der Waals surface area (Å²) in [4.78, 5) is 24.7. The molecule has 0 radical (unpaired) electrons. The Hall–Kier alpha value is -1.10. The highest BCUT2D eigenvalue weighted by molar-refractivity contribution is 5.78. The predicted molar refractivity (Wildman–Crippen MR) is 77.6 cm³/mol. The molecule has 1 atom stereocenters. The zero-order valence-corrected chi connectivity index (χ0v) is 12.6. The lowest BCUT2D eigenvalue weighted by atomic mass is 9.94. The fourth-order valence-corrected chi connectivity index (χ4v) is 2.11. The number of hydrogen-bond donors (Lipinski definition) is 2. The van der Waals surface area contributed by atoms with E-state index in [1.54, 1.807) is 19.0 Å². The number of nitrogens with two attached hydrogens (primary N) is 1. The normalized spacial score (nSPS) is 12.0. The van der Waals surface area contributed by atoms with Crippen molar-refractivity contribution in [2.45, 2.75) is 45.4 Å². The van der Waals surface area contributed by atoms with Gasteiger partial charge in [-0.25, -0.2) is 0 Å².